The molecule has 0 aromatic heterocycles. The van der Waals surface area contributed by atoms with Crippen LogP contribution in [0.1, 0.15) is 27.7 Å². The molecule has 1 nitrogen and oxygen atoms in total. The van der Waals surface area contributed by atoms with Crippen molar-refractivity contribution in [3.63, 3.8) is 0 Å². The van der Waals surface area contributed by atoms with E-state index in [9.17, 15) is 2.74 Å². The maximum atomic E-state index is 9.81. The highest BCUT2D eigenvalue weighted by molar-refractivity contribution is 5.97. The van der Waals surface area contributed by atoms with Crippen LogP contribution in [0.5, 0.6) is 0 Å². The van der Waals surface area contributed by atoms with E-state index in [0.717, 1.165) is 50.0 Å². The molecule has 0 atom stereocenters. The third-order valence-electron chi connectivity index (χ3n) is 9.61. The molecular formula is C47H33N. The fourth-order valence-electron chi connectivity index (χ4n) is 7.58. The first-order valence-corrected chi connectivity index (χ1v) is 16.3. The van der Waals surface area contributed by atoms with E-state index in [2.05, 4.69) is 91.0 Å². The molecule has 1 aliphatic carbocycles. The van der Waals surface area contributed by atoms with Gasteiger partial charge in [-0.3, -0.25) is 0 Å². The minimum Gasteiger partial charge on any atom is -0.310 e. The number of rotatable bonds is 6. The fraction of sp³-hybridized carbons (Fsp3) is 0.0213. The summed E-state index contributed by atoms with van der Waals surface area (Å²) in [7, 11) is 0. The van der Waals surface area contributed by atoms with Crippen LogP contribution < -0.4 is 4.90 Å². The Bertz CT molecular complexity index is 2580. The highest BCUT2D eigenvalue weighted by atomic mass is 15.1. The Kier molecular flexibility index (Phi) is 5.79. The van der Waals surface area contributed by atoms with E-state index in [1.54, 1.807) is 0 Å². The third-order valence-corrected chi connectivity index (χ3v) is 9.61. The topological polar surface area (TPSA) is 3.24 Å². The first kappa shape index (κ1) is 24.1. The predicted octanol–water partition coefficient (Wildman–Crippen LogP) is 12.3. The van der Waals surface area contributed by atoms with Gasteiger partial charge in [-0.1, -0.05) is 164 Å². The lowest BCUT2D eigenvalue weighted by atomic mass is 9.67. The van der Waals surface area contributed by atoms with E-state index in [1.807, 2.05) is 89.8 Å². The summed E-state index contributed by atoms with van der Waals surface area (Å²) in [6, 6.07) is 59.3. The lowest BCUT2D eigenvalue weighted by Crippen LogP contribution is -2.28. The van der Waals surface area contributed by atoms with Crippen LogP contribution in [0.15, 0.2) is 200 Å². The minimum absolute atomic E-state index is 0.0346. The maximum absolute atomic E-state index is 9.81. The summed E-state index contributed by atoms with van der Waals surface area (Å²) in [5.41, 5.74) is 9.04. The lowest BCUT2D eigenvalue weighted by molar-refractivity contribution is 0.768. The number of nitrogens with zero attached hydrogens (tertiary/aromatic N) is 1. The Hall–Kier alpha value is -6.18. The summed E-state index contributed by atoms with van der Waals surface area (Å²) in [5.74, 6) is 0. The molecule has 0 saturated carbocycles. The smallest absolute Gasteiger partial charge is 0.0714 e. The van der Waals surface area contributed by atoms with Crippen LogP contribution in [-0.2, 0) is 5.41 Å². The van der Waals surface area contributed by atoms with Gasteiger partial charge in [0.2, 0.25) is 0 Å². The second-order valence-electron chi connectivity index (χ2n) is 12.2. The first-order valence-electron chi connectivity index (χ1n) is 18.3. The molecule has 0 aliphatic heterocycles. The number of hydrogen-bond acceptors (Lipinski definition) is 1. The molecule has 1 heteroatoms. The zero-order valence-corrected chi connectivity index (χ0v) is 26.2. The van der Waals surface area contributed by atoms with Crippen LogP contribution in [0.25, 0.3) is 33.0 Å². The number of fused-ring (bicyclic) bond motifs is 4. The molecule has 0 heterocycles. The van der Waals surface area contributed by atoms with Crippen LogP contribution >= 0.6 is 0 Å². The van der Waals surface area contributed by atoms with Crippen molar-refractivity contribution < 1.29 is 5.48 Å². The summed E-state index contributed by atoms with van der Waals surface area (Å²) < 4.78 is 37.4. The van der Waals surface area contributed by atoms with Gasteiger partial charge in [-0.05, 0) is 91.6 Å². The Labute approximate surface area is 287 Å². The van der Waals surface area contributed by atoms with Crippen molar-refractivity contribution in [1.29, 1.82) is 0 Å². The van der Waals surface area contributed by atoms with Crippen molar-refractivity contribution in [3.8, 4) is 22.3 Å². The molecule has 226 valence electrons. The lowest BCUT2D eigenvalue weighted by Gasteiger charge is -2.35. The summed E-state index contributed by atoms with van der Waals surface area (Å²) in [4.78, 5) is 1.93. The second-order valence-corrected chi connectivity index (χ2v) is 12.2. The Morgan fingerprint density at radius 1 is 0.438 bits per heavy atom. The third kappa shape index (κ3) is 4.40. The monoisotopic (exact) mass is 615 g/mol. The number of anilines is 3. The van der Waals surface area contributed by atoms with Gasteiger partial charge in [0, 0.05) is 17.1 Å². The van der Waals surface area contributed by atoms with Gasteiger partial charge in [0.1, 0.15) is 0 Å². The summed E-state index contributed by atoms with van der Waals surface area (Å²) in [5, 5.41) is 1.88. The van der Waals surface area contributed by atoms with Crippen molar-refractivity contribution in [2.24, 2.45) is 0 Å². The Balaban J connectivity index is 1.36. The standard InChI is InChI=1S/C47H33N/c1-4-19-36(20-5-1)47(37-21-6-2-7-22-37)45-29-13-12-27-43(45)44-31-30-40(33-46(44)47)48(38-23-8-3-9-24-38)39-25-14-18-35(32-39)42-28-15-17-34-16-10-11-26-41(34)42/h1-33H/i14D,18D,25D,32D. The molecule has 0 unspecified atom stereocenters. The van der Waals surface area contributed by atoms with E-state index in [-0.39, 0.29) is 29.9 Å². The van der Waals surface area contributed by atoms with Crippen molar-refractivity contribution in [1.82, 2.24) is 0 Å². The molecule has 9 rings (SSSR count). The molecule has 0 radical (unpaired) electrons. The molecule has 8 aromatic carbocycles. The molecule has 0 bridgehead atoms. The van der Waals surface area contributed by atoms with E-state index < -0.39 is 5.41 Å². The second kappa shape index (κ2) is 11.6. The molecule has 0 fully saturated rings. The zero-order valence-electron chi connectivity index (χ0n) is 30.2. The number of hydrogen-bond donors (Lipinski definition) is 0. The average molecular weight is 616 g/mol. The summed E-state index contributed by atoms with van der Waals surface area (Å²) in [6.45, 7) is 0. The molecule has 8 aromatic rings. The fourth-order valence-corrected chi connectivity index (χ4v) is 7.58. The highest BCUT2D eigenvalue weighted by Gasteiger charge is 2.46. The van der Waals surface area contributed by atoms with E-state index in [0.29, 0.717) is 11.1 Å². The van der Waals surface area contributed by atoms with Crippen LogP contribution in [0.3, 0.4) is 0 Å². The average Bonchev–Trinajstić information content (AvgIpc) is 3.50. The van der Waals surface area contributed by atoms with Crippen LogP contribution in [0.2, 0.25) is 0 Å². The zero-order chi connectivity index (χ0) is 35.4. The van der Waals surface area contributed by atoms with Gasteiger partial charge >= 0.3 is 0 Å². The van der Waals surface area contributed by atoms with Crippen molar-refractivity contribution in [2.45, 2.75) is 5.41 Å². The first-order chi connectivity index (χ1) is 25.5. The predicted molar refractivity (Wildman–Crippen MR) is 201 cm³/mol. The summed E-state index contributed by atoms with van der Waals surface area (Å²) in [6.07, 6.45) is 0. The van der Waals surface area contributed by atoms with Gasteiger partial charge in [-0.2, -0.15) is 0 Å². The molecule has 0 N–H and O–H groups in total. The number of benzene rings is 8. The molecular weight excluding hydrogens is 579 g/mol. The number of para-hydroxylation sites is 1. The van der Waals surface area contributed by atoms with Gasteiger partial charge in [0.05, 0.1) is 10.9 Å². The van der Waals surface area contributed by atoms with Crippen molar-refractivity contribution in [2.75, 3.05) is 4.90 Å². The van der Waals surface area contributed by atoms with E-state index >= 15 is 0 Å². The van der Waals surface area contributed by atoms with Crippen LogP contribution in [-0.4, -0.2) is 0 Å². The largest absolute Gasteiger partial charge is 0.310 e. The van der Waals surface area contributed by atoms with Gasteiger partial charge in [-0.25, -0.2) is 0 Å². The van der Waals surface area contributed by atoms with Crippen molar-refractivity contribution in [3.05, 3.63) is 222 Å². The van der Waals surface area contributed by atoms with Crippen LogP contribution in [0.4, 0.5) is 17.1 Å². The van der Waals surface area contributed by atoms with Gasteiger partial charge in [0.25, 0.3) is 0 Å². The molecule has 0 spiro atoms. The quantitative estimate of drug-likeness (QED) is 0.180. The van der Waals surface area contributed by atoms with Gasteiger partial charge in [0.15, 0.2) is 0 Å². The van der Waals surface area contributed by atoms with Crippen molar-refractivity contribution >= 4 is 27.8 Å². The molecule has 0 amide bonds. The van der Waals surface area contributed by atoms with E-state index in [1.165, 1.54) is 5.56 Å². The highest BCUT2D eigenvalue weighted by Crippen LogP contribution is 2.57. The summed E-state index contributed by atoms with van der Waals surface area (Å²) >= 11 is 0. The van der Waals surface area contributed by atoms with Gasteiger partial charge in [-0.15, -0.1) is 0 Å². The van der Waals surface area contributed by atoms with Gasteiger partial charge < -0.3 is 4.90 Å². The normalized spacial score (nSPS) is 13.9. The molecule has 0 saturated heterocycles. The Morgan fingerprint density at radius 3 is 1.81 bits per heavy atom. The molecule has 48 heavy (non-hydrogen) atoms. The minimum atomic E-state index is -0.639. The van der Waals surface area contributed by atoms with E-state index in [4.69, 9.17) is 2.74 Å². The Morgan fingerprint density at radius 2 is 1.04 bits per heavy atom. The maximum Gasteiger partial charge on any atom is 0.0714 e. The molecule has 1 aliphatic rings. The van der Waals surface area contributed by atoms with Crippen LogP contribution in [0, 0.1) is 0 Å². The SMILES string of the molecule is [2H]c1c([2H])c(-c2cccc3ccccc23)c([2H])c(N(c2ccccc2)c2ccc3c(c2)C(c2ccccc2)(c2ccccc2)c2ccccc2-3)c1[2H].